The third-order valence-corrected chi connectivity index (χ3v) is 3.79. The number of ether oxygens (including phenoxy) is 1. The topological polar surface area (TPSA) is 52.3 Å². The van der Waals surface area contributed by atoms with Crippen LogP contribution in [0.1, 0.15) is 42.5 Å². The highest BCUT2D eigenvalue weighted by molar-refractivity contribution is 5.81. The van der Waals surface area contributed by atoms with Crippen molar-refractivity contribution < 1.29 is 9.53 Å². The molecule has 92 valence electrons. The van der Waals surface area contributed by atoms with Crippen molar-refractivity contribution in [1.29, 1.82) is 0 Å². The number of carbonyl (C=O) groups excluding carboxylic acids is 1. The van der Waals surface area contributed by atoms with Crippen LogP contribution in [-0.2, 0) is 10.2 Å². The van der Waals surface area contributed by atoms with Gasteiger partial charge in [0.2, 0.25) is 0 Å². The van der Waals surface area contributed by atoms with Crippen LogP contribution in [0.15, 0.2) is 0 Å². The van der Waals surface area contributed by atoms with E-state index in [0.717, 1.165) is 33.7 Å². The first-order chi connectivity index (χ1) is 7.75. The predicted molar refractivity (Wildman–Crippen MR) is 68.3 cm³/mol. The Kier molecular flexibility index (Phi) is 2.45. The third kappa shape index (κ3) is 1.61. The molecule has 1 aromatic carbocycles. The number of rotatable bonds is 0. The zero-order valence-electron chi connectivity index (χ0n) is 11.1. The van der Waals surface area contributed by atoms with E-state index in [1.54, 1.807) is 0 Å². The maximum absolute atomic E-state index is 11.6. The summed E-state index contributed by atoms with van der Waals surface area (Å²) >= 11 is 0. The van der Waals surface area contributed by atoms with Crippen molar-refractivity contribution >= 4 is 11.7 Å². The lowest BCUT2D eigenvalue weighted by Crippen LogP contribution is -2.32. The molecule has 0 saturated carbocycles. The molecule has 0 unspecified atom stereocenters. The minimum atomic E-state index is -0.207. The summed E-state index contributed by atoms with van der Waals surface area (Å²) in [6.45, 7) is 10.1. The van der Waals surface area contributed by atoms with Crippen LogP contribution in [0.5, 0.6) is 5.75 Å². The van der Waals surface area contributed by atoms with Crippen LogP contribution < -0.4 is 10.5 Å². The Morgan fingerprint density at radius 1 is 1.12 bits per heavy atom. The molecule has 0 radical (unpaired) electrons. The summed E-state index contributed by atoms with van der Waals surface area (Å²) in [5.41, 5.74) is 10.8. The maximum atomic E-state index is 11.6. The number of fused-ring (bicyclic) bond motifs is 1. The van der Waals surface area contributed by atoms with E-state index in [-0.39, 0.29) is 11.4 Å². The summed E-state index contributed by atoms with van der Waals surface area (Å²) in [5, 5.41) is 0. The van der Waals surface area contributed by atoms with E-state index in [1.807, 2.05) is 20.8 Å². The van der Waals surface area contributed by atoms with Gasteiger partial charge >= 0.3 is 5.97 Å². The second-order valence-electron chi connectivity index (χ2n) is 5.53. The highest BCUT2D eigenvalue weighted by atomic mass is 16.5. The lowest BCUT2D eigenvalue weighted by atomic mass is 9.75. The number of carbonyl (C=O) groups is 1. The van der Waals surface area contributed by atoms with Gasteiger partial charge in [0.15, 0.2) is 0 Å². The Bertz CT molecular complexity index is 516. The molecule has 0 saturated heterocycles. The number of benzene rings is 1. The van der Waals surface area contributed by atoms with Gasteiger partial charge in [0, 0.05) is 16.7 Å². The van der Waals surface area contributed by atoms with Crippen LogP contribution in [0.4, 0.5) is 5.69 Å². The summed E-state index contributed by atoms with van der Waals surface area (Å²) in [7, 11) is 0. The molecule has 0 fully saturated rings. The molecular formula is C14H19NO2. The van der Waals surface area contributed by atoms with Gasteiger partial charge in [0.1, 0.15) is 5.75 Å². The molecule has 17 heavy (non-hydrogen) atoms. The van der Waals surface area contributed by atoms with Crippen molar-refractivity contribution in [3.63, 3.8) is 0 Å². The number of nitrogens with two attached hydrogens (primary N) is 1. The van der Waals surface area contributed by atoms with E-state index >= 15 is 0 Å². The van der Waals surface area contributed by atoms with Gasteiger partial charge in [0.25, 0.3) is 0 Å². The van der Waals surface area contributed by atoms with E-state index in [2.05, 4.69) is 13.8 Å². The minimum absolute atomic E-state index is 0.158. The first-order valence-electron chi connectivity index (χ1n) is 5.86. The summed E-state index contributed by atoms with van der Waals surface area (Å²) in [5.74, 6) is 0.560. The lowest BCUT2D eigenvalue weighted by molar-refractivity contribution is -0.137. The molecule has 1 aliphatic heterocycles. The molecule has 0 spiro atoms. The van der Waals surface area contributed by atoms with Crippen LogP contribution in [0.25, 0.3) is 0 Å². The Hall–Kier alpha value is -1.51. The van der Waals surface area contributed by atoms with Gasteiger partial charge < -0.3 is 10.5 Å². The minimum Gasteiger partial charge on any atom is -0.426 e. The number of hydrogen-bond donors (Lipinski definition) is 1. The van der Waals surface area contributed by atoms with E-state index in [4.69, 9.17) is 10.5 Å². The standard InChI is InChI=1S/C14H19NO2/c1-7-8(2)13-11(9(3)12(7)15)14(4,5)6-10(16)17-13/h6,15H2,1-5H3. The summed E-state index contributed by atoms with van der Waals surface area (Å²) in [4.78, 5) is 11.6. The SMILES string of the molecule is Cc1c(C)c2c(c(C)c1N)C(C)(C)CC(=O)O2. The van der Waals surface area contributed by atoms with Crippen LogP contribution in [-0.4, -0.2) is 5.97 Å². The molecule has 0 atom stereocenters. The number of nitrogen functional groups attached to an aromatic ring is 1. The zero-order chi connectivity index (χ0) is 13.0. The van der Waals surface area contributed by atoms with Gasteiger partial charge in [-0.1, -0.05) is 13.8 Å². The van der Waals surface area contributed by atoms with Crippen molar-refractivity contribution in [1.82, 2.24) is 0 Å². The molecule has 0 aliphatic carbocycles. The van der Waals surface area contributed by atoms with Gasteiger partial charge in [-0.2, -0.15) is 0 Å². The van der Waals surface area contributed by atoms with Crippen molar-refractivity contribution in [3.8, 4) is 5.75 Å². The van der Waals surface area contributed by atoms with E-state index in [0.29, 0.717) is 6.42 Å². The first kappa shape index (κ1) is 12.0. The predicted octanol–water partition coefficient (Wildman–Crippen LogP) is 2.78. The molecule has 2 N–H and O–H groups in total. The van der Waals surface area contributed by atoms with Crippen molar-refractivity contribution in [2.45, 2.75) is 46.5 Å². The van der Waals surface area contributed by atoms with Crippen molar-refractivity contribution in [2.24, 2.45) is 0 Å². The van der Waals surface area contributed by atoms with E-state index in [9.17, 15) is 4.79 Å². The van der Waals surface area contributed by atoms with Crippen molar-refractivity contribution in [3.05, 3.63) is 22.3 Å². The Morgan fingerprint density at radius 2 is 1.71 bits per heavy atom. The zero-order valence-corrected chi connectivity index (χ0v) is 11.1. The summed E-state index contributed by atoms with van der Waals surface area (Å²) < 4.78 is 5.42. The Balaban J connectivity index is 2.84. The fourth-order valence-corrected chi connectivity index (χ4v) is 2.69. The molecule has 2 rings (SSSR count). The largest absolute Gasteiger partial charge is 0.426 e. The smallest absolute Gasteiger partial charge is 0.312 e. The van der Waals surface area contributed by atoms with Crippen LogP contribution in [0.3, 0.4) is 0 Å². The van der Waals surface area contributed by atoms with Gasteiger partial charge in [-0.05, 0) is 37.5 Å². The molecule has 0 bridgehead atoms. The third-order valence-electron chi connectivity index (χ3n) is 3.79. The van der Waals surface area contributed by atoms with E-state index in [1.165, 1.54) is 0 Å². The van der Waals surface area contributed by atoms with Crippen LogP contribution in [0.2, 0.25) is 0 Å². The second-order valence-corrected chi connectivity index (χ2v) is 5.53. The monoisotopic (exact) mass is 233 g/mol. The van der Waals surface area contributed by atoms with Crippen LogP contribution >= 0.6 is 0 Å². The average Bonchev–Trinajstić information content (AvgIpc) is 2.21. The molecule has 1 aliphatic rings. The molecule has 1 heterocycles. The van der Waals surface area contributed by atoms with Gasteiger partial charge in [-0.3, -0.25) is 4.79 Å². The Labute approximate surface area is 102 Å². The molecule has 3 heteroatoms. The fourth-order valence-electron chi connectivity index (χ4n) is 2.69. The lowest BCUT2D eigenvalue weighted by Gasteiger charge is -2.34. The Morgan fingerprint density at radius 3 is 2.29 bits per heavy atom. The molecule has 1 aromatic rings. The van der Waals surface area contributed by atoms with E-state index < -0.39 is 0 Å². The molecule has 0 amide bonds. The molecule has 0 aromatic heterocycles. The van der Waals surface area contributed by atoms with Crippen LogP contribution in [0, 0.1) is 20.8 Å². The normalized spacial score (nSPS) is 17.6. The van der Waals surface area contributed by atoms with Crippen molar-refractivity contribution in [2.75, 3.05) is 5.73 Å². The second kappa shape index (κ2) is 3.49. The average molecular weight is 233 g/mol. The maximum Gasteiger partial charge on any atom is 0.312 e. The highest BCUT2D eigenvalue weighted by Gasteiger charge is 2.37. The first-order valence-corrected chi connectivity index (χ1v) is 5.86. The fraction of sp³-hybridized carbons (Fsp3) is 0.500. The molecule has 3 nitrogen and oxygen atoms in total. The number of anilines is 1. The number of esters is 1. The summed E-state index contributed by atoms with van der Waals surface area (Å²) in [6, 6.07) is 0. The van der Waals surface area contributed by atoms with Gasteiger partial charge in [0.05, 0.1) is 6.42 Å². The summed E-state index contributed by atoms with van der Waals surface area (Å²) in [6.07, 6.45) is 0.406. The highest BCUT2D eigenvalue weighted by Crippen LogP contribution is 2.46. The molecular weight excluding hydrogens is 214 g/mol. The number of hydrogen-bond acceptors (Lipinski definition) is 3. The quantitative estimate of drug-likeness (QED) is 0.426. The van der Waals surface area contributed by atoms with Gasteiger partial charge in [-0.25, -0.2) is 0 Å². The van der Waals surface area contributed by atoms with Gasteiger partial charge in [-0.15, -0.1) is 0 Å².